The Hall–Kier alpha value is -1.68. The zero-order valence-electron chi connectivity index (χ0n) is 10.1. The number of piperidine rings is 1. The van der Waals surface area contributed by atoms with Gasteiger partial charge in [-0.2, -0.15) is 5.10 Å². The maximum Gasteiger partial charge on any atom is 0.123 e. The van der Waals surface area contributed by atoms with Crippen molar-refractivity contribution in [3.8, 4) is 11.1 Å². The minimum Gasteiger partial charge on any atom is -0.316 e. The summed E-state index contributed by atoms with van der Waals surface area (Å²) in [7, 11) is 0. The minimum atomic E-state index is -0.207. The zero-order chi connectivity index (χ0) is 12.4. The highest BCUT2D eigenvalue weighted by Gasteiger charge is 2.20. The van der Waals surface area contributed by atoms with E-state index in [0.717, 1.165) is 36.3 Å². The van der Waals surface area contributed by atoms with Crippen LogP contribution in [0.2, 0.25) is 0 Å². The molecule has 1 aliphatic heterocycles. The Morgan fingerprint density at radius 2 is 2.28 bits per heavy atom. The zero-order valence-corrected chi connectivity index (χ0v) is 10.1. The number of nitrogens with zero attached hydrogens (tertiary/aromatic N) is 1. The van der Waals surface area contributed by atoms with Crippen LogP contribution in [0.25, 0.3) is 11.1 Å². The number of aromatic nitrogens is 2. The van der Waals surface area contributed by atoms with E-state index >= 15 is 0 Å². The number of rotatable bonds is 2. The molecule has 2 heterocycles. The number of aromatic amines is 1. The summed E-state index contributed by atoms with van der Waals surface area (Å²) >= 11 is 0. The van der Waals surface area contributed by atoms with Crippen molar-refractivity contribution in [1.82, 2.24) is 15.5 Å². The summed E-state index contributed by atoms with van der Waals surface area (Å²) in [5, 5.41) is 10.6. The molecule has 1 aliphatic rings. The van der Waals surface area contributed by atoms with E-state index in [4.69, 9.17) is 0 Å². The van der Waals surface area contributed by atoms with Gasteiger partial charge in [0, 0.05) is 23.7 Å². The van der Waals surface area contributed by atoms with Gasteiger partial charge in [0.05, 0.1) is 6.20 Å². The molecule has 3 rings (SSSR count). The molecule has 1 saturated heterocycles. The molecule has 3 nitrogen and oxygen atoms in total. The van der Waals surface area contributed by atoms with Gasteiger partial charge in [-0.25, -0.2) is 4.39 Å². The van der Waals surface area contributed by atoms with Gasteiger partial charge in [-0.1, -0.05) is 12.1 Å². The second-order valence-electron chi connectivity index (χ2n) is 4.75. The fourth-order valence-corrected chi connectivity index (χ4v) is 2.59. The molecule has 2 aromatic rings. The smallest absolute Gasteiger partial charge is 0.123 e. The third kappa shape index (κ3) is 2.16. The first kappa shape index (κ1) is 11.4. The van der Waals surface area contributed by atoms with Crippen LogP contribution in [-0.2, 0) is 0 Å². The third-order valence-corrected chi connectivity index (χ3v) is 3.51. The Kier molecular flexibility index (Phi) is 3.11. The van der Waals surface area contributed by atoms with Crippen LogP contribution >= 0.6 is 0 Å². The van der Waals surface area contributed by atoms with Gasteiger partial charge in [0.1, 0.15) is 5.82 Å². The normalized spacial score (nSPS) is 19.9. The molecule has 1 atom stereocenters. The topological polar surface area (TPSA) is 40.7 Å². The van der Waals surface area contributed by atoms with Gasteiger partial charge in [0.2, 0.25) is 0 Å². The predicted molar refractivity (Wildman–Crippen MR) is 68.8 cm³/mol. The molecule has 0 spiro atoms. The Morgan fingerprint density at radius 1 is 1.33 bits per heavy atom. The highest BCUT2D eigenvalue weighted by molar-refractivity contribution is 5.65. The van der Waals surface area contributed by atoms with Gasteiger partial charge < -0.3 is 5.32 Å². The fourth-order valence-electron chi connectivity index (χ4n) is 2.59. The van der Waals surface area contributed by atoms with Crippen LogP contribution in [0.5, 0.6) is 0 Å². The largest absolute Gasteiger partial charge is 0.316 e. The summed E-state index contributed by atoms with van der Waals surface area (Å²) in [6.07, 6.45) is 4.11. The van der Waals surface area contributed by atoms with Crippen molar-refractivity contribution >= 4 is 0 Å². The number of halogens is 1. The lowest BCUT2D eigenvalue weighted by Gasteiger charge is -2.22. The molecular formula is C14H16FN3. The molecule has 4 heteroatoms. The van der Waals surface area contributed by atoms with Crippen molar-refractivity contribution in [2.75, 3.05) is 13.1 Å². The first-order valence-corrected chi connectivity index (χ1v) is 6.34. The van der Waals surface area contributed by atoms with E-state index in [9.17, 15) is 4.39 Å². The average Bonchev–Trinajstić information content (AvgIpc) is 2.89. The first-order chi connectivity index (χ1) is 8.84. The Balaban J connectivity index is 1.95. The molecule has 1 aromatic carbocycles. The van der Waals surface area contributed by atoms with E-state index < -0.39 is 0 Å². The van der Waals surface area contributed by atoms with Crippen LogP contribution < -0.4 is 5.32 Å². The number of hydrogen-bond donors (Lipinski definition) is 2. The molecule has 1 fully saturated rings. The molecule has 18 heavy (non-hydrogen) atoms. The quantitative estimate of drug-likeness (QED) is 0.854. The first-order valence-electron chi connectivity index (χ1n) is 6.34. The summed E-state index contributed by atoms with van der Waals surface area (Å²) in [5.41, 5.74) is 3.03. The maximum atomic E-state index is 13.3. The highest BCUT2D eigenvalue weighted by atomic mass is 19.1. The van der Waals surface area contributed by atoms with Crippen molar-refractivity contribution < 1.29 is 4.39 Å². The lowest BCUT2D eigenvalue weighted by Crippen LogP contribution is -2.28. The van der Waals surface area contributed by atoms with Crippen LogP contribution in [-0.4, -0.2) is 23.3 Å². The van der Waals surface area contributed by atoms with Crippen molar-refractivity contribution in [3.63, 3.8) is 0 Å². The number of H-pyrrole nitrogens is 1. The summed E-state index contributed by atoms with van der Waals surface area (Å²) in [5.74, 6) is 0.237. The van der Waals surface area contributed by atoms with Crippen molar-refractivity contribution in [1.29, 1.82) is 0 Å². The molecule has 0 saturated carbocycles. The molecule has 94 valence electrons. The third-order valence-electron chi connectivity index (χ3n) is 3.51. The van der Waals surface area contributed by atoms with Crippen LogP contribution in [0, 0.1) is 5.82 Å². The summed E-state index contributed by atoms with van der Waals surface area (Å²) < 4.78 is 13.3. The van der Waals surface area contributed by atoms with Crippen LogP contribution in [0.1, 0.15) is 24.5 Å². The summed E-state index contributed by atoms with van der Waals surface area (Å²) in [4.78, 5) is 0. The SMILES string of the molecule is Fc1cccc(-c2cn[nH]c2[C@H]2CCCNC2)c1. The van der Waals surface area contributed by atoms with E-state index in [2.05, 4.69) is 15.5 Å². The van der Waals surface area contributed by atoms with E-state index in [1.165, 1.54) is 12.5 Å². The fraction of sp³-hybridized carbons (Fsp3) is 0.357. The predicted octanol–water partition coefficient (Wildman–Crippen LogP) is 2.68. The van der Waals surface area contributed by atoms with E-state index in [1.807, 2.05) is 6.07 Å². The second-order valence-corrected chi connectivity index (χ2v) is 4.75. The van der Waals surface area contributed by atoms with Crippen molar-refractivity contribution in [2.24, 2.45) is 0 Å². The maximum absolute atomic E-state index is 13.3. The van der Waals surface area contributed by atoms with E-state index in [0.29, 0.717) is 5.92 Å². The van der Waals surface area contributed by atoms with Gasteiger partial charge in [-0.15, -0.1) is 0 Å². The molecule has 1 aromatic heterocycles. The molecule has 0 unspecified atom stereocenters. The molecular weight excluding hydrogens is 229 g/mol. The molecule has 0 aliphatic carbocycles. The Bertz CT molecular complexity index is 529. The van der Waals surface area contributed by atoms with Gasteiger partial charge in [-0.05, 0) is 37.1 Å². The molecule has 0 radical (unpaired) electrons. The molecule has 0 bridgehead atoms. The van der Waals surface area contributed by atoms with E-state index in [-0.39, 0.29) is 5.82 Å². The number of hydrogen-bond acceptors (Lipinski definition) is 2. The van der Waals surface area contributed by atoms with E-state index in [1.54, 1.807) is 18.3 Å². The van der Waals surface area contributed by atoms with Crippen molar-refractivity contribution in [2.45, 2.75) is 18.8 Å². The van der Waals surface area contributed by atoms with Gasteiger partial charge in [-0.3, -0.25) is 5.10 Å². The highest BCUT2D eigenvalue weighted by Crippen LogP contribution is 2.31. The molecule has 0 amide bonds. The van der Waals surface area contributed by atoms with Gasteiger partial charge >= 0.3 is 0 Å². The Labute approximate surface area is 105 Å². The number of nitrogens with one attached hydrogen (secondary N) is 2. The standard InChI is InChI=1S/C14H16FN3/c15-12-5-1-3-10(7-12)13-9-17-18-14(13)11-4-2-6-16-8-11/h1,3,5,7,9,11,16H,2,4,6,8H2,(H,17,18)/t11-/m0/s1. The Morgan fingerprint density at radius 3 is 3.06 bits per heavy atom. The monoisotopic (exact) mass is 245 g/mol. The summed E-state index contributed by atoms with van der Waals surface area (Å²) in [6.45, 7) is 2.05. The van der Waals surface area contributed by atoms with Crippen LogP contribution in [0.4, 0.5) is 4.39 Å². The second kappa shape index (κ2) is 4.90. The van der Waals surface area contributed by atoms with Crippen molar-refractivity contribution in [3.05, 3.63) is 42.0 Å². The minimum absolute atomic E-state index is 0.207. The van der Waals surface area contributed by atoms with Gasteiger partial charge in [0.25, 0.3) is 0 Å². The van der Waals surface area contributed by atoms with Crippen LogP contribution in [0.15, 0.2) is 30.5 Å². The lowest BCUT2D eigenvalue weighted by atomic mass is 9.91. The molecule has 2 N–H and O–H groups in total. The summed E-state index contributed by atoms with van der Waals surface area (Å²) in [6, 6.07) is 6.68. The average molecular weight is 245 g/mol. The van der Waals surface area contributed by atoms with Gasteiger partial charge in [0.15, 0.2) is 0 Å². The lowest BCUT2D eigenvalue weighted by molar-refractivity contribution is 0.455. The number of benzene rings is 1. The van der Waals surface area contributed by atoms with Crippen LogP contribution in [0.3, 0.4) is 0 Å².